The topological polar surface area (TPSA) is 99.2 Å². The van der Waals surface area contributed by atoms with Crippen molar-refractivity contribution in [1.82, 2.24) is 4.98 Å². The molecular formula is C11H7N3O4. The standard InChI is InChI=1S/C11H7N3O4/c15-13(16)8-5-6-10(12-7-8)9-3-1-2-4-11(9)14(17)18/h1-7H. The van der Waals surface area contributed by atoms with Gasteiger partial charge in [-0.25, -0.2) is 4.98 Å². The number of nitrogens with zero attached hydrogens (tertiary/aromatic N) is 3. The van der Waals surface area contributed by atoms with Crippen LogP contribution in [0.25, 0.3) is 11.3 Å². The maximum atomic E-state index is 10.8. The Kier molecular flexibility index (Phi) is 2.96. The van der Waals surface area contributed by atoms with Gasteiger partial charge in [-0.05, 0) is 12.1 Å². The lowest BCUT2D eigenvalue weighted by Gasteiger charge is -2.01. The Morgan fingerprint density at radius 3 is 2.22 bits per heavy atom. The SMILES string of the molecule is O=[N+]([O-])c1ccc(-c2ccccc2[N+](=O)[O-])nc1. The fraction of sp³-hybridized carbons (Fsp3) is 0. The third kappa shape index (κ3) is 2.14. The van der Waals surface area contributed by atoms with E-state index in [2.05, 4.69) is 4.98 Å². The molecule has 2 rings (SSSR count). The van der Waals surface area contributed by atoms with Crippen molar-refractivity contribution in [3.8, 4) is 11.3 Å². The van der Waals surface area contributed by atoms with E-state index < -0.39 is 9.85 Å². The molecule has 0 radical (unpaired) electrons. The molecule has 0 unspecified atom stereocenters. The second-order valence-electron chi connectivity index (χ2n) is 3.43. The zero-order valence-electron chi connectivity index (χ0n) is 9.02. The van der Waals surface area contributed by atoms with Crippen LogP contribution < -0.4 is 0 Å². The highest BCUT2D eigenvalue weighted by Gasteiger charge is 2.16. The molecule has 0 saturated carbocycles. The van der Waals surface area contributed by atoms with Crippen LogP contribution in [-0.2, 0) is 0 Å². The summed E-state index contributed by atoms with van der Waals surface area (Å²) < 4.78 is 0. The van der Waals surface area contributed by atoms with E-state index in [1.165, 1.54) is 18.2 Å². The number of para-hydroxylation sites is 1. The number of nitro benzene ring substituents is 1. The van der Waals surface area contributed by atoms with Crippen molar-refractivity contribution in [1.29, 1.82) is 0 Å². The quantitative estimate of drug-likeness (QED) is 0.611. The zero-order valence-corrected chi connectivity index (χ0v) is 9.02. The summed E-state index contributed by atoms with van der Waals surface area (Å²) in [6.07, 6.45) is 1.08. The van der Waals surface area contributed by atoms with E-state index in [0.717, 1.165) is 6.20 Å². The molecule has 0 N–H and O–H groups in total. The molecule has 1 aromatic carbocycles. The Hall–Kier alpha value is -2.83. The van der Waals surface area contributed by atoms with Gasteiger partial charge >= 0.3 is 0 Å². The summed E-state index contributed by atoms with van der Waals surface area (Å²) in [6, 6.07) is 8.75. The Morgan fingerprint density at radius 1 is 0.944 bits per heavy atom. The van der Waals surface area contributed by atoms with Gasteiger partial charge in [0.2, 0.25) is 0 Å². The molecule has 0 saturated heterocycles. The van der Waals surface area contributed by atoms with Crippen molar-refractivity contribution < 1.29 is 9.85 Å². The Bertz CT molecular complexity index is 610. The summed E-state index contributed by atoms with van der Waals surface area (Å²) in [5, 5.41) is 21.3. The summed E-state index contributed by atoms with van der Waals surface area (Å²) in [6.45, 7) is 0. The van der Waals surface area contributed by atoms with Gasteiger partial charge in [0.05, 0.1) is 21.1 Å². The van der Waals surface area contributed by atoms with Crippen LogP contribution in [0.1, 0.15) is 0 Å². The number of benzene rings is 1. The molecule has 7 heteroatoms. The van der Waals surface area contributed by atoms with Crippen molar-refractivity contribution in [3.63, 3.8) is 0 Å². The molecule has 18 heavy (non-hydrogen) atoms. The molecule has 2 aromatic rings. The predicted molar refractivity (Wildman–Crippen MR) is 63.0 cm³/mol. The molecule has 0 atom stereocenters. The Labute approximate surface area is 101 Å². The maximum Gasteiger partial charge on any atom is 0.287 e. The maximum absolute atomic E-state index is 10.8. The first-order chi connectivity index (χ1) is 8.59. The normalized spacial score (nSPS) is 10.0. The molecule has 0 aliphatic carbocycles. The number of rotatable bonds is 3. The molecule has 0 fully saturated rings. The summed E-state index contributed by atoms with van der Waals surface area (Å²) in [4.78, 5) is 24.1. The Balaban J connectivity index is 2.49. The largest absolute Gasteiger partial charge is 0.287 e. The molecule has 7 nitrogen and oxygen atoms in total. The number of aromatic nitrogens is 1. The smallest absolute Gasteiger partial charge is 0.258 e. The molecule has 0 aliphatic heterocycles. The minimum absolute atomic E-state index is 0.0844. The van der Waals surface area contributed by atoms with Gasteiger partial charge in [-0.15, -0.1) is 0 Å². The van der Waals surface area contributed by atoms with Gasteiger partial charge < -0.3 is 0 Å². The van der Waals surface area contributed by atoms with E-state index in [4.69, 9.17) is 0 Å². The average molecular weight is 245 g/mol. The van der Waals surface area contributed by atoms with Crippen LogP contribution >= 0.6 is 0 Å². The lowest BCUT2D eigenvalue weighted by molar-refractivity contribution is -0.385. The van der Waals surface area contributed by atoms with Gasteiger partial charge in [-0.1, -0.05) is 12.1 Å². The van der Waals surface area contributed by atoms with Crippen molar-refractivity contribution in [2.45, 2.75) is 0 Å². The van der Waals surface area contributed by atoms with Crippen molar-refractivity contribution in [2.24, 2.45) is 0 Å². The van der Waals surface area contributed by atoms with Crippen LogP contribution in [0.3, 0.4) is 0 Å². The highest BCUT2D eigenvalue weighted by molar-refractivity contribution is 5.70. The second kappa shape index (κ2) is 4.58. The van der Waals surface area contributed by atoms with Crippen LogP contribution in [0.15, 0.2) is 42.6 Å². The molecule has 0 spiro atoms. The summed E-state index contributed by atoms with van der Waals surface area (Å²) in [5.41, 5.74) is 0.418. The monoisotopic (exact) mass is 245 g/mol. The van der Waals surface area contributed by atoms with E-state index in [1.807, 2.05) is 0 Å². The first-order valence-electron chi connectivity index (χ1n) is 4.94. The van der Waals surface area contributed by atoms with E-state index >= 15 is 0 Å². The average Bonchev–Trinajstić information content (AvgIpc) is 2.39. The lowest BCUT2D eigenvalue weighted by atomic mass is 10.1. The van der Waals surface area contributed by atoms with Gasteiger partial charge in [0, 0.05) is 12.1 Å². The Morgan fingerprint density at radius 2 is 1.67 bits per heavy atom. The van der Waals surface area contributed by atoms with E-state index in [0.29, 0.717) is 11.3 Å². The third-order valence-electron chi connectivity index (χ3n) is 2.34. The predicted octanol–water partition coefficient (Wildman–Crippen LogP) is 2.57. The van der Waals surface area contributed by atoms with Crippen molar-refractivity contribution in [3.05, 3.63) is 62.8 Å². The van der Waals surface area contributed by atoms with Gasteiger partial charge in [0.1, 0.15) is 6.20 Å². The van der Waals surface area contributed by atoms with Gasteiger partial charge in [0.25, 0.3) is 11.4 Å². The van der Waals surface area contributed by atoms with E-state index in [-0.39, 0.29) is 11.4 Å². The molecular weight excluding hydrogens is 238 g/mol. The number of hydrogen-bond acceptors (Lipinski definition) is 5. The van der Waals surface area contributed by atoms with Crippen LogP contribution in [0.2, 0.25) is 0 Å². The molecule has 90 valence electrons. The second-order valence-corrected chi connectivity index (χ2v) is 3.43. The minimum atomic E-state index is -0.573. The van der Waals surface area contributed by atoms with Crippen molar-refractivity contribution in [2.75, 3.05) is 0 Å². The fourth-order valence-electron chi connectivity index (χ4n) is 1.50. The summed E-state index contributed by atoms with van der Waals surface area (Å²) in [5.74, 6) is 0. The molecule has 0 aliphatic rings. The van der Waals surface area contributed by atoms with Crippen LogP contribution in [0, 0.1) is 20.2 Å². The van der Waals surface area contributed by atoms with Crippen LogP contribution in [-0.4, -0.2) is 14.8 Å². The first-order valence-corrected chi connectivity index (χ1v) is 4.94. The number of nitro groups is 2. The molecule has 1 heterocycles. The first kappa shape index (κ1) is 11.6. The molecule has 1 aromatic heterocycles. The van der Waals surface area contributed by atoms with Crippen LogP contribution in [0.4, 0.5) is 11.4 Å². The number of hydrogen-bond donors (Lipinski definition) is 0. The van der Waals surface area contributed by atoms with Gasteiger partial charge in [-0.3, -0.25) is 20.2 Å². The summed E-state index contributed by atoms with van der Waals surface area (Å²) >= 11 is 0. The fourth-order valence-corrected chi connectivity index (χ4v) is 1.50. The van der Waals surface area contributed by atoms with Gasteiger partial charge in [-0.2, -0.15) is 0 Å². The highest BCUT2D eigenvalue weighted by atomic mass is 16.6. The van der Waals surface area contributed by atoms with Gasteiger partial charge in [0.15, 0.2) is 0 Å². The summed E-state index contributed by atoms with van der Waals surface area (Å²) in [7, 11) is 0. The van der Waals surface area contributed by atoms with E-state index in [9.17, 15) is 20.2 Å². The molecule has 0 amide bonds. The van der Waals surface area contributed by atoms with Crippen molar-refractivity contribution >= 4 is 11.4 Å². The number of pyridine rings is 1. The van der Waals surface area contributed by atoms with E-state index in [1.54, 1.807) is 18.2 Å². The lowest BCUT2D eigenvalue weighted by Crippen LogP contribution is -1.94. The molecule has 0 bridgehead atoms. The zero-order chi connectivity index (χ0) is 13.1. The minimum Gasteiger partial charge on any atom is -0.258 e. The third-order valence-corrected chi connectivity index (χ3v) is 2.34. The highest BCUT2D eigenvalue weighted by Crippen LogP contribution is 2.28. The van der Waals surface area contributed by atoms with Crippen LogP contribution in [0.5, 0.6) is 0 Å².